The molecule has 0 unspecified atom stereocenters. The Bertz CT molecular complexity index is 688. The zero-order valence-electron chi connectivity index (χ0n) is 11.9. The summed E-state index contributed by atoms with van der Waals surface area (Å²) >= 11 is 0. The first-order valence-electron chi connectivity index (χ1n) is 6.93. The molecule has 1 aliphatic carbocycles. The lowest BCUT2D eigenvalue weighted by Gasteiger charge is -2.12. The molecule has 2 heterocycles. The molecule has 1 amide bonds. The van der Waals surface area contributed by atoms with Gasteiger partial charge in [0.25, 0.3) is 5.91 Å². The maximum atomic E-state index is 14.1. The Morgan fingerprint density at radius 3 is 2.85 bits per heavy atom. The van der Waals surface area contributed by atoms with Crippen LogP contribution in [0.1, 0.15) is 41.5 Å². The zero-order valence-corrected chi connectivity index (χ0v) is 11.9. The molecule has 0 saturated heterocycles. The zero-order chi connectivity index (χ0) is 14.4. The highest BCUT2D eigenvalue weighted by Crippen LogP contribution is 2.32. The molecule has 1 N–H and O–H groups in total. The minimum atomic E-state index is -0.522. The maximum absolute atomic E-state index is 14.1. The highest BCUT2D eigenvalue weighted by atomic mass is 19.1. The molecule has 106 valence electrons. The quantitative estimate of drug-likeness (QED) is 0.936. The average molecular weight is 275 g/mol. The van der Waals surface area contributed by atoms with Crippen LogP contribution in [0.25, 0.3) is 5.65 Å². The number of nitrogens with one attached hydrogen (secondary N) is 1. The van der Waals surface area contributed by atoms with E-state index in [2.05, 4.69) is 10.3 Å². The van der Waals surface area contributed by atoms with Gasteiger partial charge < -0.3 is 9.72 Å². The molecule has 3 rings (SSSR count). The monoisotopic (exact) mass is 275 g/mol. The van der Waals surface area contributed by atoms with Crippen molar-refractivity contribution in [2.75, 3.05) is 0 Å². The number of amides is 1. The number of fused-ring (bicyclic) bond motifs is 1. The van der Waals surface area contributed by atoms with Gasteiger partial charge in [-0.1, -0.05) is 0 Å². The number of aryl methyl sites for hydroxylation is 2. The van der Waals surface area contributed by atoms with E-state index < -0.39 is 5.82 Å². The number of aromatic nitrogens is 2. The van der Waals surface area contributed by atoms with E-state index in [0.29, 0.717) is 11.6 Å². The fourth-order valence-corrected chi connectivity index (χ4v) is 2.62. The summed E-state index contributed by atoms with van der Waals surface area (Å²) in [5.41, 5.74) is 2.07. The highest BCUT2D eigenvalue weighted by Gasteiger charge is 2.30. The summed E-state index contributed by atoms with van der Waals surface area (Å²) in [7, 11) is 0. The normalized spacial score (nSPS) is 16.4. The number of carbonyl (C=O) groups is 1. The van der Waals surface area contributed by atoms with Crippen molar-refractivity contribution in [3.8, 4) is 0 Å². The van der Waals surface area contributed by atoms with E-state index in [9.17, 15) is 9.18 Å². The topological polar surface area (TPSA) is 46.4 Å². The molecule has 0 bridgehead atoms. The Morgan fingerprint density at radius 2 is 2.20 bits per heavy atom. The lowest BCUT2D eigenvalue weighted by Crippen LogP contribution is -2.34. The van der Waals surface area contributed by atoms with Gasteiger partial charge in [-0.3, -0.25) is 4.79 Å². The third-order valence-corrected chi connectivity index (χ3v) is 3.93. The summed E-state index contributed by atoms with van der Waals surface area (Å²) in [6.45, 7) is 5.68. The maximum Gasteiger partial charge on any atom is 0.258 e. The van der Waals surface area contributed by atoms with Gasteiger partial charge >= 0.3 is 0 Å². The van der Waals surface area contributed by atoms with Crippen molar-refractivity contribution in [2.45, 2.75) is 39.7 Å². The Labute approximate surface area is 117 Å². The number of carbonyl (C=O) groups excluding carboxylic acids is 1. The second kappa shape index (κ2) is 4.58. The van der Waals surface area contributed by atoms with Crippen LogP contribution < -0.4 is 5.32 Å². The molecular weight excluding hydrogens is 257 g/mol. The van der Waals surface area contributed by atoms with Gasteiger partial charge in [0.15, 0.2) is 11.5 Å². The standard InChI is InChI=1S/C15H18FN3O/c1-8-6-9(2)19-7-12(16)13(14(19)17-8)15(20)18-10(3)11-4-5-11/h6-7,10-11H,4-5H2,1-3H3,(H,18,20)/t10-/m0/s1. The molecule has 0 spiro atoms. The van der Waals surface area contributed by atoms with Gasteiger partial charge in [-0.2, -0.15) is 0 Å². The summed E-state index contributed by atoms with van der Waals surface area (Å²) in [6.07, 6.45) is 3.60. The largest absolute Gasteiger partial charge is 0.349 e. The van der Waals surface area contributed by atoms with E-state index in [-0.39, 0.29) is 17.5 Å². The molecule has 5 heteroatoms. The van der Waals surface area contributed by atoms with Gasteiger partial charge in [-0.05, 0) is 45.6 Å². The number of hydrogen-bond donors (Lipinski definition) is 1. The lowest BCUT2D eigenvalue weighted by atomic mass is 10.2. The van der Waals surface area contributed by atoms with Gasteiger partial charge in [0.2, 0.25) is 0 Å². The lowest BCUT2D eigenvalue weighted by molar-refractivity contribution is 0.0933. The first-order valence-corrected chi connectivity index (χ1v) is 6.93. The van der Waals surface area contributed by atoms with Crippen LogP contribution in [0, 0.1) is 25.6 Å². The molecule has 20 heavy (non-hydrogen) atoms. The fraction of sp³-hybridized carbons (Fsp3) is 0.467. The Hall–Kier alpha value is -1.91. The second-order valence-electron chi connectivity index (χ2n) is 5.68. The number of rotatable bonds is 3. The van der Waals surface area contributed by atoms with Crippen LogP contribution >= 0.6 is 0 Å². The predicted molar refractivity (Wildman–Crippen MR) is 74.3 cm³/mol. The SMILES string of the molecule is Cc1cc(C)n2cc(F)c(C(=O)N[C@@H](C)C3CC3)c2n1. The number of halogens is 1. The molecule has 0 radical (unpaired) electrons. The van der Waals surface area contributed by atoms with Crippen LogP contribution in [0.2, 0.25) is 0 Å². The second-order valence-corrected chi connectivity index (χ2v) is 5.68. The predicted octanol–water partition coefficient (Wildman–Crippen LogP) is 2.62. The minimum absolute atomic E-state index is 0.0456. The van der Waals surface area contributed by atoms with E-state index in [1.54, 1.807) is 4.40 Å². The molecule has 0 aliphatic heterocycles. The summed E-state index contributed by atoms with van der Waals surface area (Å²) < 4.78 is 15.7. The molecule has 1 atom stereocenters. The number of hydrogen-bond acceptors (Lipinski definition) is 2. The van der Waals surface area contributed by atoms with Crippen molar-refractivity contribution >= 4 is 11.6 Å². The molecule has 1 saturated carbocycles. The van der Waals surface area contributed by atoms with Crippen LogP contribution in [0.5, 0.6) is 0 Å². The smallest absolute Gasteiger partial charge is 0.258 e. The van der Waals surface area contributed by atoms with Crippen LogP contribution in [-0.4, -0.2) is 21.3 Å². The Kier molecular flexibility index (Phi) is 3.00. The van der Waals surface area contributed by atoms with Crippen molar-refractivity contribution in [2.24, 2.45) is 5.92 Å². The van der Waals surface area contributed by atoms with Crippen molar-refractivity contribution in [1.29, 1.82) is 0 Å². The summed E-state index contributed by atoms with van der Waals surface area (Å²) in [5.74, 6) is -0.360. The average Bonchev–Trinajstić information content (AvgIpc) is 3.13. The van der Waals surface area contributed by atoms with Crippen molar-refractivity contribution in [3.05, 3.63) is 35.0 Å². The number of nitrogens with zero attached hydrogens (tertiary/aromatic N) is 2. The van der Waals surface area contributed by atoms with E-state index in [0.717, 1.165) is 24.2 Å². The highest BCUT2D eigenvalue weighted by molar-refractivity contribution is 6.00. The Balaban J connectivity index is 2.01. The van der Waals surface area contributed by atoms with Gasteiger partial charge in [-0.15, -0.1) is 0 Å². The molecule has 2 aromatic rings. The van der Waals surface area contributed by atoms with Crippen molar-refractivity contribution in [3.63, 3.8) is 0 Å². The molecule has 4 nitrogen and oxygen atoms in total. The molecule has 0 aromatic carbocycles. The molecular formula is C15H18FN3O. The van der Waals surface area contributed by atoms with E-state index in [1.165, 1.54) is 6.20 Å². The summed E-state index contributed by atoms with van der Waals surface area (Å²) in [6, 6.07) is 1.95. The third kappa shape index (κ3) is 2.17. The van der Waals surface area contributed by atoms with Crippen molar-refractivity contribution in [1.82, 2.24) is 14.7 Å². The fourth-order valence-electron chi connectivity index (χ4n) is 2.62. The molecule has 2 aromatic heterocycles. The van der Waals surface area contributed by atoms with Crippen LogP contribution in [-0.2, 0) is 0 Å². The van der Waals surface area contributed by atoms with E-state index >= 15 is 0 Å². The van der Waals surface area contributed by atoms with Gasteiger partial charge in [-0.25, -0.2) is 9.37 Å². The Morgan fingerprint density at radius 1 is 1.50 bits per heavy atom. The van der Waals surface area contributed by atoms with Gasteiger partial charge in [0.05, 0.1) is 0 Å². The van der Waals surface area contributed by atoms with E-state index in [1.807, 2.05) is 26.8 Å². The first-order chi connectivity index (χ1) is 9.47. The van der Waals surface area contributed by atoms with Crippen LogP contribution in [0.15, 0.2) is 12.3 Å². The molecule has 1 fully saturated rings. The molecule has 1 aliphatic rings. The van der Waals surface area contributed by atoms with Gasteiger partial charge in [0.1, 0.15) is 5.56 Å². The minimum Gasteiger partial charge on any atom is -0.349 e. The summed E-state index contributed by atoms with van der Waals surface area (Å²) in [4.78, 5) is 16.6. The first kappa shape index (κ1) is 13.1. The van der Waals surface area contributed by atoms with Crippen molar-refractivity contribution < 1.29 is 9.18 Å². The summed E-state index contributed by atoms with van der Waals surface area (Å²) in [5, 5.41) is 2.88. The van der Waals surface area contributed by atoms with E-state index in [4.69, 9.17) is 0 Å². The van der Waals surface area contributed by atoms with Crippen LogP contribution in [0.4, 0.5) is 4.39 Å². The van der Waals surface area contributed by atoms with Gasteiger partial charge in [0, 0.05) is 23.6 Å². The third-order valence-electron chi connectivity index (χ3n) is 3.93. The van der Waals surface area contributed by atoms with Crippen LogP contribution in [0.3, 0.4) is 0 Å².